The van der Waals surface area contributed by atoms with Crippen LogP contribution in [-0.4, -0.2) is 60.0 Å². The lowest BCUT2D eigenvalue weighted by molar-refractivity contribution is -0.146. The predicted molar refractivity (Wildman–Crippen MR) is 76.3 cm³/mol. The fraction of sp³-hybridized carbons (Fsp3) is 0.636. The Hall–Kier alpha value is -1.26. The van der Waals surface area contributed by atoms with Crippen LogP contribution in [0.1, 0.15) is 0 Å². The molecule has 118 valence electrons. The number of halogens is 3. The maximum atomic E-state index is 12.4. The lowest BCUT2D eigenvalue weighted by Crippen LogP contribution is -2.49. The number of nitrogens with one attached hydrogen (secondary N) is 1. The van der Waals surface area contributed by atoms with Gasteiger partial charge >= 0.3 is 6.18 Å². The molecule has 0 aliphatic carbocycles. The van der Waals surface area contributed by atoms with Gasteiger partial charge in [0.25, 0.3) is 0 Å². The lowest BCUT2D eigenvalue weighted by atomic mass is 10.3. The van der Waals surface area contributed by atoms with Gasteiger partial charge in [0.15, 0.2) is 5.16 Å². The van der Waals surface area contributed by atoms with Gasteiger partial charge in [-0.2, -0.15) is 13.2 Å². The minimum absolute atomic E-state index is 0.351. The number of hydrogen-bond donors (Lipinski definition) is 2. The molecule has 0 aromatic carbocycles. The van der Waals surface area contributed by atoms with E-state index in [1.165, 1.54) is 16.7 Å². The molecule has 0 spiro atoms. The number of thioether (sulfide) groups is 1. The van der Waals surface area contributed by atoms with Crippen LogP contribution >= 0.6 is 11.8 Å². The van der Waals surface area contributed by atoms with Gasteiger partial charge in [-0.15, -0.1) is 0 Å². The molecule has 3 N–H and O–H groups in total. The van der Waals surface area contributed by atoms with Crippen LogP contribution in [0.2, 0.25) is 0 Å². The van der Waals surface area contributed by atoms with Crippen LogP contribution in [0.25, 0.3) is 0 Å². The minimum atomic E-state index is -4.15. The molecule has 0 amide bonds. The zero-order chi connectivity index (χ0) is 15.5. The van der Waals surface area contributed by atoms with E-state index >= 15 is 0 Å². The average molecular weight is 322 g/mol. The van der Waals surface area contributed by atoms with Gasteiger partial charge in [-0.1, -0.05) is 11.8 Å². The maximum absolute atomic E-state index is 12.4. The Balaban J connectivity index is 2.02. The molecular formula is C11H17F3N6S. The molecular weight excluding hydrogens is 305 g/mol. The summed E-state index contributed by atoms with van der Waals surface area (Å²) in [6.07, 6.45) is -2.31. The zero-order valence-corrected chi connectivity index (χ0v) is 12.3. The highest BCUT2D eigenvalue weighted by atomic mass is 32.2. The van der Waals surface area contributed by atoms with E-state index in [1.807, 2.05) is 11.2 Å². The molecule has 0 radical (unpaired) electrons. The van der Waals surface area contributed by atoms with Crippen molar-refractivity contribution in [3.63, 3.8) is 0 Å². The molecule has 0 unspecified atom stereocenters. The third-order valence-corrected chi connectivity index (χ3v) is 3.67. The number of hydrazine groups is 1. The van der Waals surface area contributed by atoms with E-state index in [0.29, 0.717) is 43.0 Å². The molecule has 0 bridgehead atoms. The second kappa shape index (κ2) is 6.67. The normalized spacial score (nSPS) is 17.1. The summed E-state index contributed by atoms with van der Waals surface area (Å²) in [5, 5.41) is 0.568. The number of anilines is 2. The van der Waals surface area contributed by atoms with Gasteiger partial charge < -0.3 is 10.3 Å². The Morgan fingerprint density at radius 3 is 2.48 bits per heavy atom. The number of nitrogen functional groups attached to an aromatic ring is 1. The first-order valence-electron chi connectivity index (χ1n) is 6.35. The van der Waals surface area contributed by atoms with Crippen molar-refractivity contribution in [1.82, 2.24) is 14.9 Å². The number of alkyl halides is 3. The Bertz CT molecular complexity index is 453. The highest BCUT2D eigenvalue weighted by Gasteiger charge is 2.32. The topological polar surface area (TPSA) is 70.3 Å². The highest BCUT2D eigenvalue weighted by Crippen LogP contribution is 2.22. The number of aromatic nitrogens is 2. The van der Waals surface area contributed by atoms with Gasteiger partial charge in [0.1, 0.15) is 11.6 Å². The smallest absolute Gasteiger partial charge is 0.354 e. The van der Waals surface area contributed by atoms with E-state index in [2.05, 4.69) is 15.4 Å². The molecule has 1 fully saturated rings. The summed E-state index contributed by atoms with van der Waals surface area (Å²) in [4.78, 5) is 11.9. The van der Waals surface area contributed by atoms with Crippen molar-refractivity contribution in [2.45, 2.75) is 11.3 Å². The Labute approximate surface area is 124 Å². The fourth-order valence-electron chi connectivity index (χ4n) is 2.13. The summed E-state index contributed by atoms with van der Waals surface area (Å²) in [6, 6.07) is 1.69. The minimum Gasteiger partial charge on any atom is -0.354 e. The summed E-state index contributed by atoms with van der Waals surface area (Å²) in [5.74, 6) is 6.53. The quantitative estimate of drug-likeness (QED) is 0.373. The van der Waals surface area contributed by atoms with Crippen LogP contribution in [-0.2, 0) is 0 Å². The molecule has 6 nitrogen and oxygen atoms in total. The third kappa shape index (κ3) is 4.61. The van der Waals surface area contributed by atoms with Crippen molar-refractivity contribution < 1.29 is 13.2 Å². The lowest BCUT2D eigenvalue weighted by Gasteiger charge is -2.35. The molecule has 1 saturated heterocycles. The van der Waals surface area contributed by atoms with Gasteiger partial charge in [0.2, 0.25) is 0 Å². The van der Waals surface area contributed by atoms with E-state index < -0.39 is 12.7 Å². The first-order chi connectivity index (χ1) is 9.91. The summed E-state index contributed by atoms with van der Waals surface area (Å²) < 4.78 is 37.1. The molecule has 0 saturated carbocycles. The third-order valence-electron chi connectivity index (χ3n) is 3.12. The molecule has 10 heteroatoms. The van der Waals surface area contributed by atoms with E-state index in [-0.39, 0.29) is 0 Å². The zero-order valence-electron chi connectivity index (χ0n) is 11.5. The number of hydrogen-bond acceptors (Lipinski definition) is 7. The molecule has 1 aromatic rings. The number of nitrogens with zero attached hydrogens (tertiary/aromatic N) is 4. The van der Waals surface area contributed by atoms with Crippen molar-refractivity contribution in [3.8, 4) is 0 Å². The van der Waals surface area contributed by atoms with Crippen LogP contribution < -0.4 is 16.2 Å². The van der Waals surface area contributed by atoms with Crippen molar-refractivity contribution in [2.24, 2.45) is 5.84 Å². The van der Waals surface area contributed by atoms with Crippen LogP contribution in [0.5, 0.6) is 0 Å². The van der Waals surface area contributed by atoms with Gasteiger partial charge in [-0.25, -0.2) is 15.8 Å². The highest BCUT2D eigenvalue weighted by molar-refractivity contribution is 7.98. The Morgan fingerprint density at radius 1 is 1.29 bits per heavy atom. The summed E-state index contributed by atoms with van der Waals surface area (Å²) >= 11 is 1.38. The fourth-order valence-corrected chi connectivity index (χ4v) is 2.50. The number of rotatable bonds is 4. The summed E-state index contributed by atoms with van der Waals surface area (Å²) in [6.45, 7) is 0.819. The van der Waals surface area contributed by atoms with Crippen LogP contribution in [0.3, 0.4) is 0 Å². The molecule has 2 heterocycles. The van der Waals surface area contributed by atoms with Crippen LogP contribution in [0, 0.1) is 0 Å². The monoisotopic (exact) mass is 322 g/mol. The second-order valence-electron chi connectivity index (χ2n) is 4.62. The van der Waals surface area contributed by atoms with E-state index in [4.69, 9.17) is 5.84 Å². The first kappa shape index (κ1) is 16.1. The molecule has 0 atom stereocenters. The second-order valence-corrected chi connectivity index (χ2v) is 5.39. The van der Waals surface area contributed by atoms with Crippen molar-refractivity contribution in [1.29, 1.82) is 0 Å². The van der Waals surface area contributed by atoms with Crippen molar-refractivity contribution in [2.75, 3.05) is 49.3 Å². The molecule has 1 aromatic heterocycles. The van der Waals surface area contributed by atoms with Gasteiger partial charge in [0.05, 0.1) is 6.54 Å². The van der Waals surface area contributed by atoms with Crippen LogP contribution in [0.15, 0.2) is 11.2 Å². The van der Waals surface area contributed by atoms with Gasteiger partial charge in [-0.3, -0.25) is 4.90 Å². The number of nitrogens with two attached hydrogens (primary N) is 1. The molecule has 21 heavy (non-hydrogen) atoms. The first-order valence-corrected chi connectivity index (χ1v) is 7.57. The Morgan fingerprint density at radius 2 is 1.95 bits per heavy atom. The SMILES string of the molecule is CSc1nc(NN)cc(N2CCN(CC(F)(F)F)CC2)n1. The van der Waals surface area contributed by atoms with E-state index in [0.717, 1.165) is 0 Å². The van der Waals surface area contributed by atoms with Crippen molar-refractivity contribution in [3.05, 3.63) is 6.07 Å². The summed E-state index contributed by atoms with van der Waals surface area (Å²) in [5.41, 5.74) is 2.47. The standard InChI is InChI=1S/C11H17F3N6S/c1-21-10-16-8(18-15)6-9(17-10)20-4-2-19(3-5-20)7-11(12,13)14/h6H,2-5,7,15H2,1H3,(H,16,17,18). The Kier molecular flexibility index (Phi) is 5.12. The van der Waals surface area contributed by atoms with Gasteiger partial charge in [-0.05, 0) is 6.26 Å². The molecule has 1 aliphatic rings. The van der Waals surface area contributed by atoms with Gasteiger partial charge in [0, 0.05) is 32.2 Å². The molecule has 1 aliphatic heterocycles. The van der Waals surface area contributed by atoms with E-state index in [9.17, 15) is 13.2 Å². The maximum Gasteiger partial charge on any atom is 0.401 e. The average Bonchev–Trinajstić information content (AvgIpc) is 2.45. The summed E-state index contributed by atoms with van der Waals surface area (Å²) in [7, 11) is 0. The molecule has 2 rings (SSSR count). The largest absolute Gasteiger partial charge is 0.401 e. The van der Waals surface area contributed by atoms with E-state index in [1.54, 1.807) is 6.07 Å². The number of piperazine rings is 1. The van der Waals surface area contributed by atoms with Crippen molar-refractivity contribution >= 4 is 23.4 Å². The predicted octanol–water partition coefficient (Wildman–Crippen LogP) is 1.17. The van der Waals surface area contributed by atoms with Crippen LogP contribution in [0.4, 0.5) is 24.8 Å².